The predicted molar refractivity (Wildman–Crippen MR) is 69.8 cm³/mol. The van der Waals surface area contributed by atoms with Crippen LogP contribution in [0.3, 0.4) is 0 Å². The molecule has 0 saturated heterocycles. The van der Waals surface area contributed by atoms with Crippen LogP contribution in [0, 0.1) is 19.1 Å². The molecular weight excluding hydrogens is 222 g/mol. The monoisotopic (exact) mass is 233 g/mol. The molecule has 2 aromatic carbocycles. The minimum Gasteiger partial charge on any atom is -0.436 e. The van der Waals surface area contributed by atoms with E-state index in [4.69, 9.17) is 4.42 Å². The maximum atomic E-state index is 5.85. The Morgan fingerprint density at radius 3 is 2.06 bits per heavy atom. The minimum atomic E-state index is 0.643. The Kier molecular flexibility index (Phi) is 2.69. The summed E-state index contributed by atoms with van der Waals surface area (Å²) in [7, 11) is 0. The van der Waals surface area contributed by atoms with Gasteiger partial charge in [-0.05, 0) is 31.2 Å². The SMILES string of the molecule is Cc1nc(-c2cc[c]cc2)oc1-c1cc[c]cc1. The van der Waals surface area contributed by atoms with Crippen LogP contribution in [-0.4, -0.2) is 4.98 Å². The van der Waals surface area contributed by atoms with E-state index < -0.39 is 0 Å². The molecular formula is C16H11NO. The van der Waals surface area contributed by atoms with E-state index in [9.17, 15) is 0 Å². The third-order valence-electron chi connectivity index (χ3n) is 2.74. The highest BCUT2D eigenvalue weighted by Crippen LogP contribution is 2.28. The molecule has 0 unspecified atom stereocenters. The molecule has 0 amide bonds. The van der Waals surface area contributed by atoms with Gasteiger partial charge in [0.25, 0.3) is 0 Å². The van der Waals surface area contributed by atoms with Gasteiger partial charge < -0.3 is 4.42 Å². The Labute approximate surface area is 106 Å². The van der Waals surface area contributed by atoms with E-state index in [0.29, 0.717) is 5.89 Å². The zero-order valence-electron chi connectivity index (χ0n) is 9.97. The smallest absolute Gasteiger partial charge is 0.226 e. The first-order valence-electron chi connectivity index (χ1n) is 5.75. The molecule has 86 valence electrons. The summed E-state index contributed by atoms with van der Waals surface area (Å²) in [5.41, 5.74) is 2.88. The molecule has 2 radical (unpaired) electrons. The molecule has 18 heavy (non-hydrogen) atoms. The van der Waals surface area contributed by atoms with Gasteiger partial charge in [-0.15, -0.1) is 0 Å². The lowest BCUT2D eigenvalue weighted by Crippen LogP contribution is -1.77. The van der Waals surface area contributed by atoms with Crippen LogP contribution in [0.5, 0.6) is 0 Å². The van der Waals surface area contributed by atoms with Crippen molar-refractivity contribution in [2.24, 2.45) is 0 Å². The van der Waals surface area contributed by atoms with Crippen LogP contribution in [0.2, 0.25) is 0 Å². The summed E-state index contributed by atoms with van der Waals surface area (Å²) in [6.45, 7) is 1.95. The van der Waals surface area contributed by atoms with E-state index in [1.807, 2.05) is 55.5 Å². The van der Waals surface area contributed by atoms with Crippen LogP contribution in [0.15, 0.2) is 52.9 Å². The van der Waals surface area contributed by atoms with Gasteiger partial charge in [0.05, 0.1) is 5.69 Å². The number of rotatable bonds is 2. The van der Waals surface area contributed by atoms with Crippen molar-refractivity contribution in [2.75, 3.05) is 0 Å². The highest BCUT2D eigenvalue weighted by molar-refractivity contribution is 5.63. The normalized spacial score (nSPS) is 10.5. The number of hydrogen-bond donors (Lipinski definition) is 0. The average molecular weight is 233 g/mol. The fourth-order valence-corrected chi connectivity index (χ4v) is 1.86. The predicted octanol–water partition coefficient (Wildman–Crippen LogP) is 3.92. The van der Waals surface area contributed by atoms with Gasteiger partial charge in [0.2, 0.25) is 5.89 Å². The van der Waals surface area contributed by atoms with Crippen LogP contribution < -0.4 is 0 Å². The Morgan fingerprint density at radius 1 is 0.889 bits per heavy atom. The lowest BCUT2D eigenvalue weighted by molar-refractivity contribution is 0.588. The van der Waals surface area contributed by atoms with Crippen molar-refractivity contribution >= 4 is 0 Å². The fourth-order valence-electron chi connectivity index (χ4n) is 1.86. The van der Waals surface area contributed by atoms with E-state index in [2.05, 4.69) is 17.1 Å². The average Bonchev–Trinajstić information content (AvgIpc) is 2.83. The highest BCUT2D eigenvalue weighted by atomic mass is 16.4. The highest BCUT2D eigenvalue weighted by Gasteiger charge is 2.12. The molecule has 0 aliphatic carbocycles. The molecule has 3 aromatic rings. The van der Waals surface area contributed by atoms with Crippen LogP contribution in [0.25, 0.3) is 22.8 Å². The third kappa shape index (κ3) is 1.93. The maximum absolute atomic E-state index is 5.85. The molecule has 0 atom stereocenters. The third-order valence-corrected chi connectivity index (χ3v) is 2.74. The second kappa shape index (κ2) is 4.49. The van der Waals surface area contributed by atoms with Gasteiger partial charge in [-0.3, -0.25) is 0 Å². The van der Waals surface area contributed by atoms with Gasteiger partial charge in [0, 0.05) is 11.1 Å². The molecule has 0 saturated carbocycles. The van der Waals surface area contributed by atoms with Crippen molar-refractivity contribution < 1.29 is 4.42 Å². The topological polar surface area (TPSA) is 26.0 Å². The van der Waals surface area contributed by atoms with Gasteiger partial charge in [-0.1, -0.05) is 36.4 Å². The minimum absolute atomic E-state index is 0.643. The largest absolute Gasteiger partial charge is 0.436 e. The van der Waals surface area contributed by atoms with Crippen LogP contribution in [0.4, 0.5) is 0 Å². The maximum Gasteiger partial charge on any atom is 0.226 e. The van der Waals surface area contributed by atoms with Crippen molar-refractivity contribution in [2.45, 2.75) is 6.92 Å². The first kappa shape index (κ1) is 10.8. The van der Waals surface area contributed by atoms with Gasteiger partial charge in [-0.2, -0.15) is 0 Å². The molecule has 2 heteroatoms. The summed E-state index contributed by atoms with van der Waals surface area (Å²) in [5, 5.41) is 0. The molecule has 0 bridgehead atoms. The zero-order chi connectivity index (χ0) is 12.4. The van der Waals surface area contributed by atoms with Crippen LogP contribution >= 0.6 is 0 Å². The van der Waals surface area contributed by atoms with Gasteiger partial charge >= 0.3 is 0 Å². The Hall–Kier alpha value is -2.35. The van der Waals surface area contributed by atoms with Crippen molar-refractivity contribution in [3.8, 4) is 22.8 Å². The number of aromatic nitrogens is 1. The Balaban J connectivity index is 2.07. The molecule has 0 fully saturated rings. The quantitative estimate of drug-likeness (QED) is 0.670. The summed E-state index contributed by atoms with van der Waals surface area (Å²) < 4.78 is 5.85. The molecule has 3 rings (SSSR count). The van der Waals surface area contributed by atoms with Gasteiger partial charge in [0.1, 0.15) is 0 Å². The number of nitrogens with zero attached hydrogens (tertiary/aromatic N) is 1. The van der Waals surface area contributed by atoms with Crippen molar-refractivity contribution in [1.82, 2.24) is 4.98 Å². The van der Waals surface area contributed by atoms with Crippen molar-refractivity contribution in [3.63, 3.8) is 0 Å². The van der Waals surface area contributed by atoms with Crippen LogP contribution in [0.1, 0.15) is 5.69 Å². The van der Waals surface area contributed by atoms with Crippen molar-refractivity contribution in [1.29, 1.82) is 0 Å². The molecule has 0 N–H and O–H groups in total. The molecule has 1 heterocycles. The van der Waals surface area contributed by atoms with E-state index in [0.717, 1.165) is 22.6 Å². The standard InChI is InChI=1S/C16H11NO/c1-12-15(13-8-4-2-5-9-13)18-16(17-12)14-10-6-3-7-11-14/h4-11H,1H3. The fraction of sp³-hybridized carbons (Fsp3) is 0.0625. The molecule has 0 spiro atoms. The Morgan fingerprint density at radius 2 is 1.44 bits per heavy atom. The van der Waals surface area contributed by atoms with E-state index in [-0.39, 0.29) is 0 Å². The summed E-state index contributed by atoms with van der Waals surface area (Å²) >= 11 is 0. The molecule has 0 aliphatic heterocycles. The molecule has 0 aliphatic rings. The molecule has 2 nitrogen and oxygen atoms in total. The van der Waals surface area contributed by atoms with Gasteiger partial charge in [-0.25, -0.2) is 4.98 Å². The number of aryl methyl sites for hydroxylation is 1. The van der Waals surface area contributed by atoms with E-state index in [1.165, 1.54) is 0 Å². The second-order valence-corrected chi connectivity index (χ2v) is 4.01. The lowest BCUT2D eigenvalue weighted by Gasteiger charge is -1.96. The van der Waals surface area contributed by atoms with Crippen LogP contribution in [-0.2, 0) is 0 Å². The van der Waals surface area contributed by atoms with Gasteiger partial charge in [0.15, 0.2) is 5.76 Å². The molecule has 1 aromatic heterocycles. The van der Waals surface area contributed by atoms with Crippen molar-refractivity contribution in [3.05, 3.63) is 66.4 Å². The first-order chi connectivity index (χ1) is 8.84. The number of hydrogen-bond acceptors (Lipinski definition) is 2. The zero-order valence-corrected chi connectivity index (χ0v) is 9.97. The lowest BCUT2D eigenvalue weighted by atomic mass is 10.1. The number of oxazole rings is 1. The second-order valence-electron chi connectivity index (χ2n) is 4.01. The van der Waals surface area contributed by atoms with E-state index >= 15 is 0 Å². The summed E-state index contributed by atoms with van der Waals surface area (Å²) in [4.78, 5) is 4.47. The van der Waals surface area contributed by atoms with E-state index in [1.54, 1.807) is 0 Å². The first-order valence-corrected chi connectivity index (χ1v) is 5.75. The number of benzene rings is 2. The summed E-state index contributed by atoms with van der Waals surface area (Å²) in [6.07, 6.45) is 0. The Bertz CT molecular complexity index is 641. The summed E-state index contributed by atoms with van der Waals surface area (Å²) in [5.74, 6) is 1.45. The summed E-state index contributed by atoms with van der Waals surface area (Å²) in [6, 6.07) is 21.2.